The average Bonchev–Trinajstić information content (AvgIpc) is 1.65. The molecule has 1 nitrogen and oxygen atoms in total. The molecule has 5 heteroatoms. The van der Waals surface area contributed by atoms with Crippen LogP contribution in [-0.2, 0) is 4.74 Å². The summed E-state index contributed by atoms with van der Waals surface area (Å²) >= 11 is 9.93. The van der Waals surface area contributed by atoms with E-state index in [-0.39, 0.29) is 6.61 Å². The lowest BCUT2D eigenvalue weighted by atomic mass is 10.7. The van der Waals surface area contributed by atoms with E-state index in [4.69, 9.17) is 23.2 Å². The van der Waals surface area contributed by atoms with Gasteiger partial charge in [-0.2, -0.15) is 0 Å². The average molecular weight is 179 g/mol. The summed E-state index contributed by atoms with van der Waals surface area (Å²) in [6, 6.07) is 0. The Morgan fingerprint density at radius 2 is 2.00 bits per heavy atom. The minimum Gasteiger partial charge on any atom is -0.343 e. The molecule has 0 atom stereocenters. The lowest BCUT2D eigenvalue weighted by Crippen LogP contribution is -2.27. The molecule has 0 heterocycles. The molecule has 0 saturated heterocycles. The molecular formula is C4H6Cl2F2O. The van der Waals surface area contributed by atoms with Crippen molar-refractivity contribution in [2.24, 2.45) is 0 Å². The van der Waals surface area contributed by atoms with Crippen molar-refractivity contribution in [1.82, 2.24) is 0 Å². The normalized spacial score (nSPS) is 12.7. The molecule has 0 aliphatic carbocycles. The van der Waals surface area contributed by atoms with E-state index >= 15 is 0 Å². The smallest absolute Gasteiger partial charge is 0.295 e. The fraction of sp³-hybridized carbons (Fsp3) is 1.00. The minimum absolute atomic E-state index is 0.0668. The van der Waals surface area contributed by atoms with Gasteiger partial charge in [0, 0.05) is 6.61 Å². The van der Waals surface area contributed by atoms with E-state index in [1.807, 2.05) is 0 Å². The largest absolute Gasteiger partial charge is 0.343 e. The van der Waals surface area contributed by atoms with Crippen LogP contribution in [0.5, 0.6) is 0 Å². The van der Waals surface area contributed by atoms with Gasteiger partial charge in [0.05, 0.1) is 0 Å². The van der Waals surface area contributed by atoms with Gasteiger partial charge in [-0.1, -0.05) is 23.2 Å². The second-order valence-corrected chi connectivity index (χ2v) is 2.61. The summed E-state index contributed by atoms with van der Waals surface area (Å²) in [5.74, 6) is 0. The minimum atomic E-state index is -2.87. The summed E-state index contributed by atoms with van der Waals surface area (Å²) in [6.07, 6.45) is -2.87. The third-order valence-corrected chi connectivity index (χ3v) is 1.14. The van der Waals surface area contributed by atoms with Crippen molar-refractivity contribution in [3.05, 3.63) is 0 Å². The van der Waals surface area contributed by atoms with E-state index in [1.54, 1.807) is 0 Å². The molecule has 0 fully saturated rings. The van der Waals surface area contributed by atoms with Gasteiger partial charge in [0.25, 0.3) is 10.9 Å². The Bertz CT molecular complexity index is 86.6. The summed E-state index contributed by atoms with van der Waals surface area (Å²) in [5, 5.41) is 0. The Hall–Kier alpha value is 0.400. The Balaban J connectivity index is 3.70. The molecule has 0 unspecified atom stereocenters. The van der Waals surface area contributed by atoms with E-state index in [9.17, 15) is 8.78 Å². The van der Waals surface area contributed by atoms with Crippen LogP contribution in [-0.4, -0.2) is 17.6 Å². The van der Waals surface area contributed by atoms with Crippen molar-refractivity contribution in [2.45, 2.75) is 17.9 Å². The highest BCUT2D eigenvalue weighted by atomic mass is 35.5. The van der Waals surface area contributed by atoms with Crippen molar-refractivity contribution in [3.63, 3.8) is 0 Å². The zero-order valence-corrected chi connectivity index (χ0v) is 6.22. The molecule has 0 radical (unpaired) electrons. The van der Waals surface area contributed by atoms with E-state index in [0.29, 0.717) is 0 Å². The molecule has 0 amide bonds. The van der Waals surface area contributed by atoms with Gasteiger partial charge in [-0.15, -0.1) is 0 Å². The summed E-state index contributed by atoms with van der Waals surface area (Å²) in [5.41, 5.74) is 0. The highest BCUT2D eigenvalue weighted by molar-refractivity contribution is 6.47. The molecule has 0 N–H and O–H groups in total. The SMILES string of the molecule is CCOC(Cl)(Cl)C(F)F. The molecule has 0 spiro atoms. The molecular weight excluding hydrogens is 173 g/mol. The maximum absolute atomic E-state index is 11.6. The van der Waals surface area contributed by atoms with Gasteiger partial charge in [0.15, 0.2) is 0 Å². The van der Waals surface area contributed by atoms with Crippen LogP contribution < -0.4 is 0 Å². The number of ether oxygens (including phenoxy) is 1. The van der Waals surface area contributed by atoms with Gasteiger partial charge in [-0.3, -0.25) is 0 Å². The van der Waals surface area contributed by atoms with Crippen molar-refractivity contribution in [2.75, 3.05) is 6.61 Å². The molecule has 0 aliphatic heterocycles. The number of rotatable bonds is 3. The fourth-order valence-electron chi connectivity index (χ4n) is 0.255. The first kappa shape index (κ1) is 9.40. The van der Waals surface area contributed by atoms with Crippen LogP contribution in [0, 0.1) is 0 Å². The van der Waals surface area contributed by atoms with Crippen LogP contribution in [0.2, 0.25) is 0 Å². The second kappa shape index (κ2) is 3.54. The number of alkyl halides is 4. The molecule has 0 aromatic rings. The first-order valence-electron chi connectivity index (χ1n) is 2.30. The molecule has 0 aromatic heterocycles. The predicted octanol–water partition coefficient (Wildman–Crippen LogP) is 2.42. The van der Waals surface area contributed by atoms with Crippen LogP contribution in [0.15, 0.2) is 0 Å². The molecule has 0 bridgehead atoms. The predicted molar refractivity (Wildman–Crippen MR) is 32.1 cm³/mol. The van der Waals surface area contributed by atoms with Gasteiger partial charge in [0.2, 0.25) is 0 Å². The number of hydrogen-bond acceptors (Lipinski definition) is 1. The van der Waals surface area contributed by atoms with Crippen LogP contribution >= 0.6 is 23.2 Å². The first-order chi connectivity index (χ1) is 4.00. The van der Waals surface area contributed by atoms with Gasteiger partial charge in [-0.05, 0) is 6.92 Å². The molecule has 0 aliphatic rings. The first-order valence-corrected chi connectivity index (χ1v) is 3.06. The molecule has 56 valence electrons. The van der Waals surface area contributed by atoms with E-state index in [2.05, 4.69) is 4.74 Å². The molecule has 0 rings (SSSR count). The van der Waals surface area contributed by atoms with Crippen molar-refractivity contribution >= 4 is 23.2 Å². The van der Waals surface area contributed by atoms with E-state index in [1.165, 1.54) is 6.92 Å². The second-order valence-electron chi connectivity index (χ2n) is 1.30. The topological polar surface area (TPSA) is 9.23 Å². The quantitative estimate of drug-likeness (QED) is 0.604. The number of hydrogen-bond donors (Lipinski definition) is 0. The summed E-state index contributed by atoms with van der Waals surface area (Å²) in [4.78, 5) is 0. The lowest BCUT2D eigenvalue weighted by Gasteiger charge is -2.16. The maximum atomic E-state index is 11.6. The van der Waals surface area contributed by atoms with Gasteiger partial charge in [0.1, 0.15) is 0 Å². The summed E-state index contributed by atoms with van der Waals surface area (Å²) in [6.45, 7) is 1.60. The zero-order chi connectivity index (χ0) is 7.49. The third-order valence-electron chi connectivity index (χ3n) is 0.591. The monoisotopic (exact) mass is 178 g/mol. The van der Waals surface area contributed by atoms with Crippen molar-refractivity contribution in [3.8, 4) is 0 Å². The molecule has 0 aromatic carbocycles. The lowest BCUT2D eigenvalue weighted by molar-refractivity contribution is -0.0311. The highest BCUT2D eigenvalue weighted by Gasteiger charge is 2.36. The Kier molecular flexibility index (Phi) is 3.70. The van der Waals surface area contributed by atoms with Gasteiger partial charge in [-0.25, -0.2) is 8.78 Å². The van der Waals surface area contributed by atoms with Crippen LogP contribution in [0.1, 0.15) is 6.92 Å². The molecule has 0 saturated carbocycles. The number of halogens is 4. The third kappa shape index (κ3) is 3.18. The Labute approximate surface area is 61.9 Å². The standard InChI is InChI=1S/C4H6Cl2F2O/c1-2-9-4(5,6)3(7)8/h3H,2H2,1H3. The maximum Gasteiger partial charge on any atom is 0.295 e. The van der Waals surface area contributed by atoms with E-state index < -0.39 is 10.9 Å². The molecule has 9 heavy (non-hydrogen) atoms. The van der Waals surface area contributed by atoms with Crippen LogP contribution in [0.25, 0.3) is 0 Å². The fourth-order valence-corrected chi connectivity index (χ4v) is 0.474. The zero-order valence-electron chi connectivity index (χ0n) is 4.70. The van der Waals surface area contributed by atoms with Crippen molar-refractivity contribution in [1.29, 1.82) is 0 Å². The van der Waals surface area contributed by atoms with Crippen LogP contribution in [0.3, 0.4) is 0 Å². The Morgan fingerprint density at radius 3 is 2.11 bits per heavy atom. The van der Waals surface area contributed by atoms with E-state index in [0.717, 1.165) is 0 Å². The summed E-state index contributed by atoms with van der Waals surface area (Å²) in [7, 11) is 0. The van der Waals surface area contributed by atoms with Gasteiger partial charge < -0.3 is 4.74 Å². The van der Waals surface area contributed by atoms with Crippen molar-refractivity contribution < 1.29 is 13.5 Å². The highest BCUT2D eigenvalue weighted by Crippen LogP contribution is 2.29. The van der Waals surface area contributed by atoms with Gasteiger partial charge >= 0.3 is 0 Å². The van der Waals surface area contributed by atoms with Crippen LogP contribution in [0.4, 0.5) is 8.78 Å². The summed E-state index contributed by atoms with van der Waals surface area (Å²) < 4.78 is 25.2. The Morgan fingerprint density at radius 1 is 1.56 bits per heavy atom.